The van der Waals surface area contributed by atoms with Gasteiger partial charge in [0.05, 0.1) is 11.5 Å². The van der Waals surface area contributed by atoms with Crippen LogP contribution in [-0.4, -0.2) is 19.2 Å². The Hall–Kier alpha value is -1.41. The van der Waals surface area contributed by atoms with Gasteiger partial charge in [0, 0.05) is 6.20 Å². The lowest BCUT2D eigenvalue weighted by molar-refractivity contribution is 0.590. The third-order valence-electron chi connectivity index (χ3n) is 2.38. The molecule has 1 aromatic rings. The highest BCUT2D eigenvalue weighted by Crippen LogP contribution is 2.09. The van der Waals surface area contributed by atoms with Gasteiger partial charge in [-0.15, -0.1) is 0 Å². The second-order valence-corrected chi connectivity index (χ2v) is 6.14. The van der Waals surface area contributed by atoms with Crippen molar-refractivity contribution in [1.29, 1.82) is 5.26 Å². The van der Waals surface area contributed by atoms with Crippen molar-refractivity contribution >= 4 is 9.84 Å². The molecule has 0 spiro atoms. The van der Waals surface area contributed by atoms with Gasteiger partial charge in [0.1, 0.15) is 11.8 Å². The van der Waals surface area contributed by atoms with Gasteiger partial charge in [0.2, 0.25) is 0 Å². The van der Waals surface area contributed by atoms with E-state index in [9.17, 15) is 8.42 Å². The number of aromatic nitrogens is 1. The second-order valence-electron chi connectivity index (χ2n) is 3.96. The predicted molar refractivity (Wildman–Crippen MR) is 66.0 cm³/mol. The fourth-order valence-electron chi connectivity index (χ4n) is 1.52. The van der Waals surface area contributed by atoms with Crippen LogP contribution in [0.25, 0.3) is 0 Å². The van der Waals surface area contributed by atoms with Crippen molar-refractivity contribution in [3.8, 4) is 6.07 Å². The summed E-state index contributed by atoms with van der Waals surface area (Å²) in [6.45, 7) is 2.04. The van der Waals surface area contributed by atoms with Crippen molar-refractivity contribution in [2.75, 3.05) is 5.75 Å². The van der Waals surface area contributed by atoms with Crippen LogP contribution in [0.1, 0.15) is 37.4 Å². The highest BCUT2D eigenvalue weighted by molar-refractivity contribution is 7.90. The minimum Gasteiger partial charge on any atom is -0.246 e. The van der Waals surface area contributed by atoms with E-state index < -0.39 is 9.84 Å². The number of nitrogens with zero attached hydrogens (tertiary/aromatic N) is 2. The standard InChI is InChI=1S/C12H16N2O2S/c1-2-3-4-7-17(15,16)10-11-5-6-14-12(8-11)9-13/h5-6,8H,2-4,7,10H2,1H3. The number of hydrogen-bond donors (Lipinski definition) is 0. The molecule has 0 aromatic carbocycles. The summed E-state index contributed by atoms with van der Waals surface area (Å²) in [6.07, 6.45) is 4.10. The van der Waals surface area contributed by atoms with Crippen LogP contribution in [0, 0.1) is 11.3 Å². The maximum Gasteiger partial charge on any atom is 0.154 e. The van der Waals surface area contributed by atoms with Gasteiger partial charge in [-0.3, -0.25) is 0 Å². The van der Waals surface area contributed by atoms with Crippen LogP contribution in [0.2, 0.25) is 0 Å². The summed E-state index contributed by atoms with van der Waals surface area (Å²) in [5.41, 5.74) is 0.888. The molecular weight excluding hydrogens is 236 g/mol. The summed E-state index contributed by atoms with van der Waals surface area (Å²) in [5.74, 6) is 0.207. The number of sulfone groups is 1. The molecule has 0 aliphatic carbocycles. The lowest BCUT2D eigenvalue weighted by Gasteiger charge is -2.04. The van der Waals surface area contributed by atoms with Crippen LogP contribution < -0.4 is 0 Å². The largest absolute Gasteiger partial charge is 0.246 e. The van der Waals surface area contributed by atoms with Crippen molar-refractivity contribution < 1.29 is 8.42 Å². The van der Waals surface area contributed by atoms with Crippen molar-refractivity contribution in [3.63, 3.8) is 0 Å². The van der Waals surface area contributed by atoms with Crippen LogP contribution >= 0.6 is 0 Å². The molecule has 0 aliphatic rings. The van der Waals surface area contributed by atoms with E-state index in [2.05, 4.69) is 4.98 Å². The Morgan fingerprint density at radius 1 is 1.41 bits per heavy atom. The minimum absolute atomic E-state index is 0.00604. The summed E-state index contributed by atoms with van der Waals surface area (Å²) in [5, 5.41) is 8.67. The Bertz CT molecular complexity index is 503. The van der Waals surface area contributed by atoms with Crippen molar-refractivity contribution in [3.05, 3.63) is 29.6 Å². The van der Waals surface area contributed by atoms with Crippen LogP contribution in [0.4, 0.5) is 0 Å². The van der Waals surface area contributed by atoms with Gasteiger partial charge in [-0.25, -0.2) is 13.4 Å². The van der Waals surface area contributed by atoms with Crippen molar-refractivity contribution in [2.24, 2.45) is 0 Å². The Morgan fingerprint density at radius 2 is 2.18 bits per heavy atom. The Balaban J connectivity index is 2.66. The van der Waals surface area contributed by atoms with Gasteiger partial charge in [-0.2, -0.15) is 5.26 Å². The molecule has 0 bridgehead atoms. The summed E-state index contributed by atoms with van der Waals surface area (Å²) in [4.78, 5) is 3.81. The molecule has 1 heterocycles. The molecule has 0 aliphatic heterocycles. The van der Waals surface area contributed by atoms with Gasteiger partial charge >= 0.3 is 0 Å². The van der Waals surface area contributed by atoms with E-state index in [4.69, 9.17) is 5.26 Å². The van der Waals surface area contributed by atoms with Gasteiger partial charge in [0.15, 0.2) is 9.84 Å². The maximum absolute atomic E-state index is 11.8. The number of hydrogen-bond acceptors (Lipinski definition) is 4. The van der Waals surface area contributed by atoms with Crippen LogP contribution in [0.5, 0.6) is 0 Å². The average molecular weight is 252 g/mol. The van der Waals surface area contributed by atoms with Crippen molar-refractivity contribution in [1.82, 2.24) is 4.98 Å². The monoisotopic (exact) mass is 252 g/mol. The first-order chi connectivity index (χ1) is 8.07. The topological polar surface area (TPSA) is 70.8 Å². The van der Waals surface area contributed by atoms with Gasteiger partial charge in [0.25, 0.3) is 0 Å². The molecular formula is C12H16N2O2S. The molecule has 4 nitrogen and oxygen atoms in total. The maximum atomic E-state index is 11.8. The van der Waals surface area contributed by atoms with E-state index in [1.54, 1.807) is 6.07 Å². The molecule has 5 heteroatoms. The number of nitriles is 1. The van der Waals surface area contributed by atoms with E-state index in [1.165, 1.54) is 12.3 Å². The molecule has 92 valence electrons. The number of pyridine rings is 1. The molecule has 0 atom stereocenters. The van der Waals surface area contributed by atoms with Gasteiger partial charge < -0.3 is 0 Å². The quantitative estimate of drug-likeness (QED) is 0.726. The van der Waals surface area contributed by atoms with E-state index in [1.807, 2.05) is 13.0 Å². The first kappa shape index (κ1) is 13.7. The number of unbranched alkanes of at least 4 members (excludes halogenated alkanes) is 2. The SMILES string of the molecule is CCCCCS(=O)(=O)Cc1ccnc(C#N)c1. The van der Waals surface area contributed by atoms with Gasteiger partial charge in [-0.1, -0.05) is 19.8 Å². The average Bonchev–Trinajstić information content (AvgIpc) is 2.29. The van der Waals surface area contributed by atoms with E-state index in [0.717, 1.165) is 12.8 Å². The first-order valence-corrected chi connectivity index (χ1v) is 7.45. The molecule has 1 aromatic heterocycles. The zero-order chi connectivity index (χ0) is 12.7. The van der Waals surface area contributed by atoms with E-state index in [0.29, 0.717) is 12.0 Å². The fourth-order valence-corrected chi connectivity index (χ4v) is 3.00. The lowest BCUT2D eigenvalue weighted by atomic mass is 10.2. The van der Waals surface area contributed by atoms with E-state index in [-0.39, 0.29) is 17.2 Å². The molecule has 1 rings (SSSR count). The zero-order valence-electron chi connectivity index (χ0n) is 9.89. The normalized spacial score (nSPS) is 11.1. The van der Waals surface area contributed by atoms with Crippen LogP contribution in [0.15, 0.2) is 18.3 Å². The summed E-state index contributed by atoms with van der Waals surface area (Å²) in [6, 6.07) is 5.06. The first-order valence-electron chi connectivity index (χ1n) is 5.63. The molecule has 0 unspecified atom stereocenters. The molecule has 0 amide bonds. The molecule has 0 saturated heterocycles. The molecule has 0 N–H and O–H groups in total. The van der Waals surface area contributed by atoms with Crippen LogP contribution in [-0.2, 0) is 15.6 Å². The highest BCUT2D eigenvalue weighted by Gasteiger charge is 2.11. The summed E-state index contributed by atoms with van der Waals surface area (Å²) >= 11 is 0. The zero-order valence-corrected chi connectivity index (χ0v) is 10.7. The van der Waals surface area contributed by atoms with Crippen LogP contribution in [0.3, 0.4) is 0 Å². The number of rotatable bonds is 6. The predicted octanol–water partition coefficient (Wildman–Crippen LogP) is 2.06. The van der Waals surface area contributed by atoms with Crippen molar-refractivity contribution in [2.45, 2.75) is 31.9 Å². The summed E-state index contributed by atoms with van der Waals surface area (Å²) in [7, 11) is -3.07. The fraction of sp³-hybridized carbons (Fsp3) is 0.500. The summed E-state index contributed by atoms with van der Waals surface area (Å²) < 4.78 is 23.5. The smallest absolute Gasteiger partial charge is 0.154 e. The van der Waals surface area contributed by atoms with Gasteiger partial charge in [-0.05, 0) is 24.1 Å². The molecule has 0 saturated carbocycles. The Labute approximate surface area is 102 Å². The third-order valence-corrected chi connectivity index (χ3v) is 4.07. The Morgan fingerprint density at radius 3 is 2.82 bits per heavy atom. The third kappa shape index (κ3) is 4.96. The molecule has 0 radical (unpaired) electrons. The molecule has 0 fully saturated rings. The minimum atomic E-state index is -3.07. The van der Waals surface area contributed by atoms with E-state index >= 15 is 0 Å². The second kappa shape index (κ2) is 6.36. The Kier molecular flexibility index (Phi) is 5.11. The highest BCUT2D eigenvalue weighted by atomic mass is 32.2. The molecule has 17 heavy (non-hydrogen) atoms. The lowest BCUT2D eigenvalue weighted by Crippen LogP contribution is -2.09.